The Morgan fingerprint density at radius 2 is 1.90 bits per heavy atom. The van der Waals surface area contributed by atoms with Crippen LogP contribution in [-0.4, -0.2) is 61.1 Å². The Labute approximate surface area is 119 Å². The minimum atomic E-state index is -3.09. The molecule has 1 rings (SSSR count). The number of amides is 2. The predicted molar refractivity (Wildman–Crippen MR) is 74.2 cm³/mol. The lowest BCUT2D eigenvalue weighted by Gasteiger charge is -2.31. The van der Waals surface area contributed by atoms with Crippen LogP contribution in [0.4, 0.5) is 4.79 Å². The molecule has 1 heterocycles. The van der Waals surface area contributed by atoms with E-state index in [-0.39, 0.29) is 11.5 Å². The van der Waals surface area contributed by atoms with E-state index in [0.717, 1.165) is 0 Å². The molecule has 2 amide bonds. The highest BCUT2D eigenvalue weighted by Crippen LogP contribution is 2.21. The third kappa shape index (κ3) is 4.09. The topological polar surface area (TPSA) is 104 Å². The van der Waals surface area contributed by atoms with E-state index in [4.69, 9.17) is 5.11 Å². The number of carboxylic acids is 1. The quantitative estimate of drug-likeness (QED) is 0.781. The van der Waals surface area contributed by atoms with E-state index in [1.807, 2.05) is 0 Å². The minimum Gasteiger partial charge on any atom is -0.480 e. The Kier molecular flexibility index (Phi) is 4.68. The van der Waals surface area contributed by atoms with Gasteiger partial charge in [0.15, 0.2) is 9.84 Å². The number of carbonyl (C=O) groups is 2. The summed E-state index contributed by atoms with van der Waals surface area (Å²) in [6.07, 6.45) is 0.388. The maximum absolute atomic E-state index is 12.1. The van der Waals surface area contributed by atoms with Crippen molar-refractivity contribution in [2.45, 2.75) is 39.3 Å². The van der Waals surface area contributed by atoms with E-state index < -0.39 is 39.3 Å². The summed E-state index contributed by atoms with van der Waals surface area (Å²) in [6, 6.07) is -1.99. The average Bonchev–Trinajstić information content (AvgIpc) is 2.63. The molecule has 0 aromatic carbocycles. The van der Waals surface area contributed by atoms with E-state index in [0.29, 0.717) is 6.42 Å². The van der Waals surface area contributed by atoms with Crippen molar-refractivity contribution in [1.29, 1.82) is 0 Å². The van der Waals surface area contributed by atoms with Gasteiger partial charge in [-0.1, -0.05) is 20.8 Å². The second kappa shape index (κ2) is 5.59. The van der Waals surface area contributed by atoms with Crippen LogP contribution in [0.5, 0.6) is 0 Å². The van der Waals surface area contributed by atoms with E-state index >= 15 is 0 Å². The van der Waals surface area contributed by atoms with Crippen molar-refractivity contribution >= 4 is 21.8 Å². The average molecular weight is 306 g/mol. The number of nitrogens with zero attached hydrogens (tertiary/aromatic N) is 1. The number of hydrogen-bond donors (Lipinski definition) is 2. The molecule has 8 heteroatoms. The van der Waals surface area contributed by atoms with Gasteiger partial charge in [-0.2, -0.15) is 0 Å². The van der Waals surface area contributed by atoms with Crippen LogP contribution in [0, 0.1) is 5.41 Å². The van der Waals surface area contributed by atoms with Crippen molar-refractivity contribution in [2.24, 2.45) is 5.41 Å². The zero-order valence-electron chi connectivity index (χ0n) is 12.2. The molecular weight excluding hydrogens is 284 g/mol. The van der Waals surface area contributed by atoms with Crippen LogP contribution in [0.15, 0.2) is 0 Å². The Morgan fingerprint density at radius 3 is 2.25 bits per heavy atom. The van der Waals surface area contributed by atoms with Gasteiger partial charge in [0.05, 0.1) is 11.5 Å². The number of carbonyl (C=O) groups excluding carboxylic acids is 1. The molecule has 0 spiro atoms. The molecule has 0 saturated carbocycles. The molecule has 0 aliphatic carbocycles. The molecular formula is C12H22N2O5S. The molecule has 2 unspecified atom stereocenters. The molecule has 1 aliphatic rings. The van der Waals surface area contributed by atoms with Crippen LogP contribution in [-0.2, 0) is 14.6 Å². The van der Waals surface area contributed by atoms with E-state index in [9.17, 15) is 18.0 Å². The molecule has 20 heavy (non-hydrogen) atoms. The number of aliphatic carboxylic acids is 1. The highest BCUT2D eigenvalue weighted by atomic mass is 32.2. The number of hydrogen-bond acceptors (Lipinski definition) is 4. The van der Waals surface area contributed by atoms with Crippen molar-refractivity contribution in [3.8, 4) is 0 Å². The molecule has 2 atom stereocenters. The van der Waals surface area contributed by atoms with Crippen molar-refractivity contribution in [3.05, 3.63) is 0 Å². The number of urea groups is 1. The van der Waals surface area contributed by atoms with Crippen LogP contribution in [0.2, 0.25) is 0 Å². The fraction of sp³-hybridized carbons (Fsp3) is 0.833. The predicted octanol–water partition coefficient (Wildman–Crippen LogP) is 0.314. The molecule has 7 nitrogen and oxygen atoms in total. The van der Waals surface area contributed by atoms with Gasteiger partial charge in [-0.05, 0) is 11.8 Å². The van der Waals surface area contributed by atoms with Crippen LogP contribution in [0.1, 0.15) is 27.2 Å². The smallest absolute Gasteiger partial charge is 0.326 e. The Morgan fingerprint density at radius 1 is 1.35 bits per heavy atom. The standard InChI is InChI=1S/C12H22N2O5S/c1-12(2,3)9(10(15)16)13-11(17)14(4)8-5-6-20(18,19)7-8/h8-9H,5-7H2,1-4H3,(H,13,17)(H,15,16). The van der Waals surface area contributed by atoms with Crippen molar-refractivity contribution in [2.75, 3.05) is 18.6 Å². The van der Waals surface area contributed by atoms with Gasteiger partial charge in [-0.3, -0.25) is 0 Å². The fourth-order valence-corrected chi connectivity index (χ4v) is 3.89. The number of nitrogens with one attached hydrogen (secondary N) is 1. The van der Waals surface area contributed by atoms with E-state index in [1.54, 1.807) is 20.8 Å². The summed E-state index contributed by atoms with van der Waals surface area (Å²) >= 11 is 0. The third-order valence-electron chi connectivity index (χ3n) is 3.46. The first kappa shape index (κ1) is 16.7. The molecule has 0 aromatic heterocycles. The van der Waals surface area contributed by atoms with Gasteiger partial charge in [-0.15, -0.1) is 0 Å². The Bertz CT molecular complexity index is 494. The molecule has 0 bridgehead atoms. The lowest BCUT2D eigenvalue weighted by molar-refractivity contribution is -0.142. The first-order chi connectivity index (χ1) is 8.94. The molecule has 116 valence electrons. The summed E-state index contributed by atoms with van der Waals surface area (Å²) in [7, 11) is -1.60. The summed E-state index contributed by atoms with van der Waals surface area (Å²) in [4.78, 5) is 24.5. The normalized spacial score (nSPS) is 23.1. The molecule has 1 fully saturated rings. The highest BCUT2D eigenvalue weighted by Gasteiger charge is 2.37. The summed E-state index contributed by atoms with van der Waals surface area (Å²) in [6.45, 7) is 5.14. The van der Waals surface area contributed by atoms with Crippen LogP contribution in [0.25, 0.3) is 0 Å². The molecule has 0 aromatic rings. The van der Waals surface area contributed by atoms with Crippen LogP contribution < -0.4 is 5.32 Å². The third-order valence-corrected chi connectivity index (χ3v) is 5.21. The van der Waals surface area contributed by atoms with Gasteiger partial charge in [0.25, 0.3) is 0 Å². The minimum absolute atomic E-state index is 0.0653. The van der Waals surface area contributed by atoms with Crippen molar-refractivity contribution in [1.82, 2.24) is 10.2 Å². The SMILES string of the molecule is CN(C(=O)NC(C(=O)O)C(C)(C)C)C1CCS(=O)(=O)C1. The van der Waals surface area contributed by atoms with Gasteiger partial charge < -0.3 is 15.3 Å². The monoisotopic (exact) mass is 306 g/mol. The van der Waals surface area contributed by atoms with Crippen molar-refractivity contribution < 1.29 is 23.1 Å². The number of sulfone groups is 1. The lowest BCUT2D eigenvalue weighted by Crippen LogP contribution is -2.54. The van der Waals surface area contributed by atoms with Crippen LogP contribution in [0.3, 0.4) is 0 Å². The molecule has 0 radical (unpaired) electrons. The highest BCUT2D eigenvalue weighted by molar-refractivity contribution is 7.91. The zero-order chi connectivity index (χ0) is 15.7. The first-order valence-electron chi connectivity index (χ1n) is 6.40. The fourth-order valence-electron chi connectivity index (χ4n) is 2.12. The summed E-state index contributed by atoms with van der Waals surface area (Å²) in [5, 5.41) is 11.6. The van der Waals surface area contributed by atoms with E-state index in [2.05, 4.69) is 5.32 Å². The van der Waals surface area contributed by atoms with Crippen LogP contribution >= 0.6 is 0 Å². The second-order valence-electron chi connectivity index (χ2n) is 6.25. The van der Waals surface area contributed by atoms with Gasteiger partial charge >= 0.3 is 12.0 Å². The maximum atomic E-state index is 12.1. The van der Waals surface area contributed by atoms with Gasteiger partial charge in [-0.25, -0.2) is 18.0 Å². The molecule has 1 saturated heterocycles. The summed E-state index contributed by atoms with van der Waals surface area (Å²) in [5.41, 5.74) is -0.635. The maximum Gasteiger partial charge on any atom is 0.326 e. The van der Waals surface area contributed by atoms with Gasteiger partial charge in [0, 0.05) is 13.1 Å². The largest absolute Gasteiger partial charge is 0.480 e. The number of carboxylic acid groups (broad SMARTS) is 1. The molecule has 1 aliphatic heterocycles. The lowest BCUT2D eigenvalue weighted by atomic mass is 9.87. The zero-order valence-corrected chi connectivity index (χ0v) is 13.0. The summed E-state index contributed by atoms with van der Waals surface area (Å²) in [5.74, 6) is -1.11. The second-order valence-corrected chi connectivity index (χ2v) is 8.48. The number of rotatable bonds is 3. The van der Waals surface area contributed by atoms with Crippen molar-refractivity contribution in [3.63, 3.8) is 0 Å². The summed E-state index contributed by atoms with van der Waals surface area (Å²) < 4.78 is 22.8. The van der Waals surface area contributed by atoms with Gasteiger partial charge in [0.2, 0.25) is 0 Å². The van der Waals surface area contributed by atoms with Gasteiger partial charge in [0.1, 0.15) is 6.04 Å². The van der Waals surface area contributed by atoms with E-state index in [1.165, 1.54) is 11.9 Å². The molecule has 2 N–H and O–H groups in total. The first-order valence-corrected chi connectivity index (χ1v) is 8.23. The Hall–Kier alpha value is -1.31. The Balaban J connectivity index is 2.73.